The first-order valence-electron chi connectivity index (χ1n) is 11.6. The summed E-state index contributed by atoms with van der Waals surface area (Å²) in [4.78, 5) is 11.7. The molecule has 0 saturated heterocycles. The van der Waals surface area contributed by atoms with Gasteiger partial charge in [0, 0.05) is 39.3 Å². The van der Waals surface area contributed by atoms with Crippen LogP contribution in [-0.2, 0) is 11.8 Å². The van der Waals surface area contributed by atoms with Gasteiger partial charge in [0.1, 0.15) is 11.6 Å². The van der Waals surface area contributed by atoms with E-state index in [0.717, 1.165) is 45.2 Å². The molecule has 0 amide bonds. The molecule has 0 saturated carbocycles. The second kappa shape index (κ2) is 5.47. The van der Waals surface area contributed by atoms with E-state index in [1.807, 2.05) is 44.2 Å². The molecule has 2 aromatic carbocycles. The minimum absolute atomic E-state index is 0.283. The van der Waals surface area contributed by atoms with Gasteiger partial charge < -0.3 is 4.90 Å². The summed E-state index contributed by atoms with van der Waals surface area (Å²) < 4.78 is 27.4. The van der Waals surface area contributed by atoms with E-state index in [1.54, 1.807) is 6.20 Å². The van der Waals surface area contributed by atoms with Crippen molar-refractivity contribution in [3.63, 3.8) is 0 Å². The molecular weight excluding hydrogens is 356 g/mol. The molecule has 2 atom stereocenters. The molecule has 6 rings (SSSR count). The number of rotatable bonds is 1. The Bertz CT molecular complexity index is 1400. The van der Waals surface area contributed by atoms with Crippen LogP contribution in [0, 0.1) is 6.92 Å². The summed E-state index contributed by atoms with van der Waals surface area (Å²) in [5, 5.41) is 0. The highest BCUT2D eigenvalue weighted by Crippen LogP contribution is 2.51. The summed E-state index contributed by atoms with van der Waals surface area (Å²) in [5.41, 5.74) is 6.30. The van der Waals surface area contributed by atoms with Crippen molar-refractivity contribution in [2.45, 2.75) is 45.5 Å². The molecule has 0 radical (unpaired) electrons. The summed E-state index contributed by atoms with van der Waals surface area (Å²) in [6, 6.07) is 15.9. The quantitative estimate of drug-likeness (QED) is 0.386. The van der Waals surface area contributed by atoms with E-state index < -0.39 is 12.3 Å². The maximum absolute atomic E-state index is 8.38. The number of aryl methyl sites for hydroxylation is 1. The monoisotopic (exact) mass is 383 g/mol. The molecule has 2 aromatic heterocycles. The maximum atomic E-state index is 8.38. The molecule has 4 heteroatoms. The number of pyridine rings is 1. The number of aromatic nitrogens is 3. The van der Waals surface area contributed by atoms with Gasteiger partial charge in [0.15, 0.2) is 0 Å². The molecule has 2 aliphatic rings. The molecule has 4 aromatic rings. The lowest BCUT2D eigenvalue weighted by molar-refractivity contribution is 0.461. The Balaban J connectivity index is 1.60. The van der Waals surface area contributed by atoms with E-state index in [1.165, 1.54) is 5.56 Å². The van der Waals surface area contributed by atoms with Crippen molar-refractivity contribution in [2.24, 2.45) is 0 Å². The molecule has 2 aliphatic heterocycles. The first-order valence-corrected chi connectivity index (χ1v) is 10.1. The minimum Gasteiger partial charge on any atom is -0.322 e. The first-order chi connectivity index (χ1) is 15.2. The van der Waals surface area contributed by atoms with Crippen LogP contribution in [-0.4, -0.2) is 20.6 Å². The van der Waals surface area contributed by atoms with Crippen molar-refractivity contribution in [1.29, 1.82) is 0 Å². The molecule has 0 fully saturated rings. The number of imidazole rings is 1. The Morgan fingerprint density at radius 2 is 2.00 bits per heavy atom. The van der Waals surface area contributed by atoms with Crippen LogP contribution in [0.3, 0.4) is 0 Å². The zero-order valence-corrected chi connectivity index (χ0v) is 16.8. The predicted octanol–water partition coefficient (Wildman–Crippen LogP) is 5.45. The van der Waals surface area contributed by atoms with Gasteiger partial charge in [-0.1, -0.05) is 38.0 Å². The molecule has 144 valence electrons. The van der Waals surface area contributed by atoms with Crippen LogP contribution in [0.2, 0.25) is 0 Å². The largest absolute Gasteiger partial charge is 0.322 e. The van der Waals surface area contributed by atoms with E-state index in [4.69, 9.17) is 9.10 Å². The van der Waals surface area contributed by atoms with Gasteiger partial charge in [0.05, 0.1) is 22.4 Å². The molecule has 0 bridgehead atoms. The molecule has 29 heavy (non-hydrogen) atoms. The summed E-state index contributed by atoms with van der Waals surface area (Å²) in [6.45, 7) is 3.79. The Labute approximate surface area is 175 Å². The third-order valence-corrected chi connectivity index (χ3v) is 6.70. The molecule has 0 spiro atoms. The second-order valence-electron chi connectivity index (χ2n) is 8.38. The van der Waals surface area contributed by atoms with Gasteiger partial charge in [-0.25, -0.2) is 9.97 Å². The van der Waals surface area contributed by atoms with E-state index in [-0.39, 0.29) is 6.04 Å². The molecular formula is C25H24N4. The highest BCUT2D eigenvalue weighted by molar-refractivity contribution is 5.84. The van der Waals surface area contributed by atoms with Gasteiger partial charge in [-0.3, -0.25) is 4.57 Å². The van der Waals surface area contributed by atoms with Crippen molar-refractivity contribution in [2.75, 3.05) is 4.90 Å². The number of fused-ring (bicyclic) bond motifs is 6. The second-order valence-corrected chi connectivity index (χ2v) is 8.38. The zero-order valence-electron chi connectivity index (χ0n) is 19.8. The predicted molar refractivity (Wildman–Crippen MR) is 117 cm³/mol. The molecule has 4 nitrogen and oxygen atoms in total. The lowest BCUT2D eigenvalue weighted by Gasteiger charge is -2.33. The summed E-state index contributed by atoms with van der Waals surface area (Å²) in [7, 11) is 0. The van der Waals surface area contributed by atoms with Gasteiger partial charge in [-0.05, 0) is 43.7 Å². The summed E-state index contributed by atoms with van der Waals surface area (Å²) in [5.74, 6) is 1.75. The van der Waals surface area contributed by atoms with Crippen molar-refractivity contribution in [3.8, 4) is 5.69 Å². The van der Waals surface area contributed by atoms with Crippen LogP contribution >= 0.6 is 0 Å². The molecule has 0 N–H and O–H groups in total. The van der Waals surface area contributed by atoms with Gasteiger partial charge in [0.2, 0.25) is 0 Å². The average Bonchev–Trinajstić information content (AvgIpc) is 3.36. The Morgan fingerprint density at radius 3 is 2.86 bits per heavy atom. The standard InChI is InChI=1S/C25H24N4/c1-15-11-12-20-17(14-22-27-19-9-5-6-10-21(19)29(20)22)23(15)28-16(2)25(3,4)18-8-7-13-26-24(18)28/h5-13,16H,14H2,1-4H3/i3D3. The third-order valence-electron chi connectivity index (χ3n) is 6.70. The first kappa shape index (κ1) is 13.9. The van der Waals surface area contributed by atoms with Crippen molar-refractivity contribution >= 4 is 22.5 Å². The number of nitrogens with zero attached hydrogens (tertiary/aromatic N) is 4. The van der Waals surface area contributed by atoms with Crippen LogP contribution in [0.5, 0.6) is 0 Å². The molecule has 0 aliphatic carbocycles. The van der Waals surface area contributed by atoms with Crippen LogP contribution in [0.1, 0.15) is 47.3 Å². The van der Waals surface area contributed by atoms with Crippen molar-refractivity contribution in [1.82, 2.24) is 14.5 Å². The van der Waals surface area contributed by atoms with Gasteiger partial charge in [-0.2, -0.15) is 0 Å². The highest BCUT2D eigenvalue weighted by atomic mass is 15.3. The molecule has 4 heterocycles. The minimum atomic E-state index is -2.16. The fourth-order valence-electron chi connectivity index (χ4n) is 5.04. The third kappa shape index (κ3) is 2.04. The van der Waals surface area contributed by atoms with Crippen LogP contribution in [0.15, 0.2) is 54.7 Å². The van der Waals surface area contributed by atoms with E-state index >= 15 is 0 Å². The van der Waals surface area contributed by atoms with Gasteiger partial charge >= 0.3 is 0 Å². The van der Waals surface area contributed by atoms with Crippen molar-refractivity contribution < 1.29 is 4.11 Å². The average molecular weight is 384 g/mol. The van der Waals surface area contributed by atoms with Crippen LogP contribution in [0.4, 0.5) is 11.5 Å². The lowest BCUT2D eigenvalue weighted by Crippen LogP contribution is -2.37. The number of hydrogen-bond acceptors (Lipinski definition) is 3. The van der Waals surface area contributed by atoms with Gasteiger partial charge in [-0.15, -0.1) is 0 Å². The Morgan fingerprint density at radius 1 is 1.14 bits per heavy atom. The Hall–Kier alpha value is -3.14. The smallest absolute Gasteiger partial charge is 0.137 e. The number of para-hydroxylation sites is 2. The highest BCUT2D eigenvalue weighted by Gasteiger charge is 2.45. The zero-order chi connectivity index (χ0) is 22.4. The number of anilines is 2. The normalized spacial score (nSPS) is 24.0. The Kier molecular flexibility index (Phi) is 2.63. The molecule has 2 unspecified atom stereocenters. The van der Waals surface area contributed by atoms with E-state index in [0.29, 0.717) is 6.42 Å². The fraction of sp³-hybridized carbons (Fsp3) is 0.280. The topological polar surface area (TPSA) is 34.0 Å². The van der Waals surface area contributed by atoms with Crippen molar-refractivity contribution in [3.05, 3.63) is 77.2 Å². The number of benzene rings is 2. The van der Waals surface area contributed by atoms with E-state index in [9.17, 15) is 0 Å². The summed E-state index contributed by atoms with van der Waals surface area (Å²) >= 11 is 0. The maximum Gasteiger partial charge on any atom is 0.137 e. The van der Waals surface area contributed by atoms with Crippen LogP contribution < -0.4 is 4.90 Å². The van der Waals surface area contributed by atoms with Crippen LogP contribution in [0.25, 0.3) is 16.7 Å². The SMILES string of the molecule is [2H]C([2H])([2H])C1(C)c2cccnc2N(c2c(C)ccc3c2Cc2nc4ccccc4n2-3)C1C. The summed E-state index contributed by atoms with van der Waals surface area (Å²) in [6.07, 6.45) is 2.46. The number of hydrogen-bond donors (Lipinski definition) is 0. The fourth-order valence-corrected chi connectivity index (χ4v) is 5.04. The van der Waals surface area contributed by atoms with E-state index in [2.05, 4.69) is 39.6 Å². The lowest BCUT2D eigenvalue weighted by atomic mass is 9.82. The van der Waals surface area contributed by atoms with Gasteiger partial charge in [0.25, 0.3) is 0 Å².